The highest BCUT2D eigenvalue weighted by atomic mass is 14.3. The van der Waals surface area contributed by atoms with Gasteiger partial charge in [-0.15, -0.1) is 12.8 Å². The maximum Gasteiger partial charge on any atom is -0.0162 e. The van der Waals surface area contributed by atoms with Crippen molar-refractivity contribution in [2.45, 2.75) is 71.1 Å². The summed E-state index contributed by atoms with van der Waals surface area (Å²) in [6.07, 6.45) is 16.5. The SMILES string of the molecule is C#C.CC.CC1CCC(c2ccc(C3CC3)cc2)CC1.N. The molecule has 2 fully saturated rings. The Morgan fingerprint density at radius 2 is 1.00 bits per heavy atom. The monoisotopic (exact) mass is 287 g/mol. The molecule has 1 nitrogen and oxygen atoms in total. The summed E-state index contributed by atoms with van der Waals surface area (Å²) in [6.45, 7) is 6.40. The smallest absolute Gasteiger partial charge is 0.0162 e. The van der Waals surface area contributed by atoms with Crippen molar-refractivity contribution in [1.82, 2.24) is 6.15 Å². The average molecular weight is 287 g/mol. The van der Waals surface area contributed by atoms with E-state index in [1.165, 1.54) is 38.5 Å². The normalized spacial score (nSPS) is 23.5. The first-order valence-electron chi connectivity index (χ1n) is 8.26. The van der Waals surface area contributed by atoms with Gasteiger partial charge in [-0.05, 0) is 54.6 Å². The Morgan fingerprint density at radius 3 is 1.29 bits per heavy atom. The van der Waals surface area contributed by atoms with Crippen LogP contribution in [0, 0.1) is 18.8 Å². The van der Waals surface area contributed by atoms with Gasteiger partial charge in [-0.3, -0.25) is 0 Å². The highest BCUT2D eigenvalue weighted by Crippen LogP contribution is 2.41. The van der Waals surface area contributed by atoms with Crippen molar-refractivity contribution < 1.29 is 0 Å². The molecular weight excluding hydrogens is 254 g/mol. The lowest BCUT2D eigenvalue weighted by molar-refractivity contribution is 0.348. The molecule has 0 aromatic heterocycles. The summed E-state index contributed by atoms with van der Waals surface area (Å²) in [7, 11) is 0. The molecule has 2 saturated carbocycles. The summed E-state index contributed by atoms with van der Waals surface area (Å²) in [5.41, 5.74) is 3.17. The summed E-state index contributed by atoms with van der Waals surface area (Å²) in [4.78, 5) is 0. The number of benzene rings is 1. The van der Waals surface area contributed by atoms with Gasteiger partial charge in [-0.1, -0.05) is 57.9 Å². The minimum absolute atomic E-state index is 0. The van der Waals surface area contributed by atoms with Crippen LogP contribution in [-0.4, -0.2) is 0 Å². The Labute approximate surface area is 132 Å². The summed E-state index contributed by atoms with van der Waals surface area (Å²) in [6, 6.07) is 9.55. The molecule has 0 aliphatic heterocycles. The van der Waals surface area contributed by atoms with E-state index >= 15 is 0 Å². The molecule has 0 saturated heterocycles. The van der Waals surface area contributed by atoms with Crippen LogP contribution < -0.4 is 6.15 Å². The first-order valence-corrected chi connectivity index (χ1v) is 8.26. The Kier molecular flexibility index (Phi) is 9.84. The zero-order chi connectivity index (χ0) is 15.0. The Morgan fingerprint density at radius 1 is 0.714 bits per heavy atom. The fraction of sp³-hybridized carbons (Fsp3) is 0.600. The number of hydrogen-bond donors (Lipinski definition) is 1. The second-order valence-corrected chi connectivity index (χ2v) is 5.90. The summed E-state index contributed by atoms with van der Waals surface area (Å²) in [5.74, 6) is 2.71. The molecule has 118 valence electrons. The van der Waals surface area contributed by atoms with Gasteiger partial charge in [0.25, 0.3) is 0 Å². The molecule has 0 heterocycles. The average Bonchev–Trinajstić information content (AvgIpc) is 3.37. The first kappa shape index (κ1) is 19.7. The van der Waals surface area contributed by atoms with E-state index in [2.05, 4.69) is 44.0 Å². The molecule has 0 amide bonds. The lowest BCUT2D eigenvalue weighted by Crippen LogP contribution is -2.10. The van der Waals surface area contributed by atoms with Crippen molar-refractivity contribution in [3.63, 3.8) is 0 Å². The lowest BCUT2D eigenvalue weighted by atomic mass is 9.79. The van der Waals surface area contributed by atoms with Crippen molar-refractivity contribution in [2.24, 2.45) is 5.92 Å². The molecule has 1 aromatic carbocycles. The highest BCUT2D eigenvalue weighted by Gasteiger charge is 2.24. The van der Waals surface area contributed by atoms with E-state index in [0.29, 0.717) is 0 Å². The van der Waals surface area contributed by atoms with Crippen molar-refractivity contribution in [3.8, 4) is 12.8 Å². The largest absolute Gasteiger partial charge is 0.344 e. The molecule has 2 aliphatic carbocycles. The van der Waals surface area contributed by atoms with E-state index in [4.69, 9.17) is 0 Å². The van der Waals surface area contributed by atoms with Gasteiger partial charge in [0.2, 0.25) is 0 Å². The lowest BCUT2D eigenvalue weighted by Gasteiger charge is -2.26. The van der Waals surface area contributed by atoms with Gasteiger partial charge in [-0.2, -0.15) is 0 Å². The van der Waals surface area contributed by atoms with E-state index in [1.807, 2.05) is 13.8 Å². The van der Waals surface area contributed by atoms with Crippen molar-refractivity contribution in [1.29, 1.82) is 0 Å². The molecule has 3 rings (SSSR count). The zero-order valence-electron chi connectivity index (χ0n) is 14.1. The van der Waals surface area contributed by atoms with Gasteiger partial charge in [0.1, 0.15) is 0 Å². The molecule has 1 heteroatoms. The quantitative estimate of drug-likeness (QED) is 0.637. The standard InChI is InChI=1S/C16H22.C2H6.C2H2.H3N/c1-12-2-4-13(5-3-12)14-6-8-15(9-7-14)16-10-11-16;2*1-2;/h6-9,12-13,16H,2-5,10-11H2,1H3;1-2H3;1-2H;1H3. The van der Waals surface area contributed by atoms with Crippen LogP contribution in [0.1, 0.15) is 82.3 Å². The third-order valence-corrected chi connectivity index (χ3v) is 4.47. The van der Waals surface area contributed by atoms with Crippen molar-refractivity contribution in [3.05, 3.63) is 35.4 Å². The maximum atomic E-state index is 4.00. The van der Waals surface area contributed by atoms with Gasteiger partial charge >= 0.3 is 0 Å². The third-order valence-electron chi connectivity index (χ3n) is 4.47. The maximum absolute atomic E-state index is 4.00. The predicted octanol–water partition coefficient (Wildman–Crippen LogP) is 6.30. The van der Waals surface area contributed by atoms with Gasteiger partial charge in [0.15, 0.2) is 0 Å². The minimum atomic E-state index is 0. The fourth-order valence-electron chi connectivity index (χ4n) is 3.05. The van der Waals surface area contributed by atoms with Gasteiger partial charge < -0.3 is 6.15 Å². The van der Waals surface area contributed by atoms with Crippen LogP contribution in [0.5, 0.6) is 0 Å². The van der Waals surface area contributed by atoms with Crippen molar-refractivity contribution >= 4 is 0 Å². The first-order chi connectivity index (χ1) is 9.83. The molecular formula is C20H33N. The summed E-state index contributed by atoms with van der Waals surface area (Å²) in [5, 5.41) is 0. The van der Waals surface area contributed by atoms with Crippen molar-refractivity contribution in [2.75, 3.05) is 0 Å². The van der Waals surface area contributed by atoms with Gasteiger partial charge in [0.05, 0.1) is 0 Å². The molecule has 3 N–H and O–H groups in total. The van der Waals surface area contributed by atoms with E-state index in [9.17, 15) is 0 Å². The van der Waals surface area contributed by atoms with E-state index < -0.39 is 0 Å². The topological polar surface area (TPSA) is 35.0 Å². The van der Waals surface area contributed by atoms with E-state index in [0.717, 1.165) is 17.8 Å². The van der Waals surface area contributed by atoms with Crippen LogP contribution >= 0.6 is 0 Å². The molecule has 0 spiro atoms. The van der Waals surface area contributed by atoms with Crippen LogP contribution in [0.4, 0.5) is 0 Å². The summed E-state index contributed by atoms with van der Waals surface area (Å²) >= 11 is 0. The van der Waals surface area contributed by atoms with Crippen LogP contribution in [-0.2, 0) is 0 Å². The van der Waals surface area contributed by atoms with E-state index in [1.54, 1.807) is 11.1 Å². The second kappa shape index (κ2) is 10.5. The van der Waals surface area contributed by atoms with Crippen LogP contribution in [0.25, 0.3) is 0 Å². The van der Waals surface area contributed by atoms with Gasteiger partial charge in [-0.25, -0.2) is 0 Å². The Bertz CT molecular complexity index is 378. The summed E-state index contributed by atoms with van der Waals surface area (Å²) < 4.78 is 0. The number of terminal acetylenes is 1. The third kappa shape index (κ3) is 5.94. The van der Waals surface area contributed by atoms with Gasteiger partial charge in [0, 0.05) is 0 Å². The number of rotatable bonds is 2. The molecule has 21 heavy (non-hydrogen) atoms. The molecule has 1 aromatic rings. The molecule has 0 bridgehead atoms. The Hall–Kier alpha value is -1.26. The number of hydrogen-bond acceptors (Lipinski definition) is 1. The molecule has 2 aliphatic rings. The van der Waals surface area contributed by atoms with Crippen LogP contribution in [0.2, 0.25) is 0 Å². The zero-order valence-corrected chi connectivity index (χ0v) is 14.1. The second-order valence-electron chi connectivity index (χ2n) is 5.90. The van der Waals surface area contributed by atoms with E-state index in [-0.39, 0.29) is 6.15 Å². The molecule has 0 radical (unpaired) electrons. The fourth-order valence-corrected chi connectivity index (χ4v) is 3.05. The predicted molar refractivity (Wildman–Crippen MR) is 95.1 cm³/mol. The van der Waals surface area contributed by atoms with Crippen LogP contribution in [0.15, 0.2) is 24.3 Å². The minimum Gasteiger partial charge on any atom is -0.344 e. The molecule has 0 atom stereocenters. The molecule has 0 unspecified atom stereocenters. The highest BCUT2D eigenvalue weighted by molar-refractivity contribution is 5.30. The Balaban J connectivity index is 0.000000741. The van der Waals surface area contributed by atoms with Crippen LogP contribution in [0.3, 0.4) is 0 Å².